The van der Waals surface area contributed by atoms with Crippen molar-refractivity contribution in [3.05, 3.63) is 48.2 Å². The van der Waals surface area contributed by atoms with E-state index in [9.17, 15) is 21.6 Å². The SMILES string of the molecule is O=S(=O)(O/C=C/COCc1ccccc1)C(F)(F)F. The summed E-state index contributed by atoms with van der Waals surface area (Å²) in [7, 11) is -5.58. The highest BCUT2D eigenvalue weighted by atomic mass is 32.2. The Morgan fingerprint density at radius 3 is 2.37 bits per heavy atom. The molecule has 0 fully saturated rings. The fourth-order valence-electron chi connectivity index (χ4n) is 1.03. The van der Waals surface area contributed by atoms with E-state index in [0.717, 1.165) is 11.6 Å². The van der Waals surface area contributed by atoms with Gasteiger partial charge in [0.05, 0.1) is 13.2 Å². The monoisotopic (exact) mass is 296 g/mol. The van der Waals surface area contributed by atoms with Gasteiger partial charge in [-0.15, -0.1) is 0 Å². The van der Waals surface area contributed by atoms with Crippen LogP contribution in [-0.2, 0) is 25.6 Å². The van der Waals surface area contributed by atoms with Crippen LogP contribution in [0, 0.1) is 0 Å². The van der Waals surface area contributed by atoms with Gasteiger partial charge < -0.3 is 8.92 Å². The molecule has 8 heteroatoms. The molecule has 19 heavy (non-hydrogen) atoms. The first kappa shape index (κ1) is 15.5. The van der Waals surface area contributed by atoms with Crippen molar-refractivity contribution in [3.8, 4) is 0 Å². The second kappa shape index (κ2) is 6.58. The van der Waals surface area contributed by atoms with Gasteiger partial charge in [0.25, 0.3) is 0 Å². The molecule has 4 nitrogen and oxygen atoms in total. The first-order chi connectivity index (χ1) is 8.83. The van der Waals surface area contributed by atoms with Gasteiger partial charge in [0, 0.05) is 0 Å². The predicted molar refractivity (Wildman–Crippen MR) is 61.3 cm³/mol. The van der Waals surface area contributed by atoms with Gasteiger partial charge in [-0.3, -0.25) is 0 Å². The summed E-state index contributed by atoms with van der Waals surface area (Å²) in [6.45, 7) is 0.194. The average Bonchev–Trinajstić information content (AvgIpc) is 2.33. The molecule has 1 rings (SSSR count). The lowest BCUT2D eigenvalue weighted by molar-refractivity contribution is -0.0515. The first-order valence-corrected chi connectivity index (χ1v) is 6.50. The Labute approximate surface area is 108 Å². The standard InChI is InChI=1S/C11H11F3O4S/c12-11(13,14)19(15,16)18-8-4-7-17-9-10-5-2-1-3-6-10/h1-6,8H,7,9H2/b8-4+. The molecule has 0 aliphatic rings. The Kier molecular flexibility index (Phi) is 5.37. The van der Waals surface area contributed by atoms with Gasteiger partial charge in [0.1, 0.15) is 6.26 Å². The predicted octanol–water partition coefficient (Wildman–Crippen LogP) is 2.58. The van der Waals surface area contributed by atoms with Crippen LogP contribution in [0.1, 0.15) is 5.56 Å². The summed E-state index contributed by atoms with van der Waals surface area (Å²) in [5.41, 5.74) is -4.54. The third kappa shape index (κ3) is 5.31. The fraction of sp³-hybridized carbons (Fsp3) is 0.273. The van der Waals surface area contributed by atoms with Crippen molar-refractivity contribution in [1.29, 1.82) is 0 Å². The number of hydrogen-bond acceptors (Lipinski definition) is 4. The molecular formula is C11H11F3O4S. The van der Waals surface area contributed by atoms with Crippen molar-refractivity contribution in [2.24, 2.45) is 0 Å². The minimum Gasteiger partial charge on any atom is -0.384 e. The van der Waals surface area contributed by atoms with Crippen molar-refractivity contribution >= 4 is 10.1 Å². The maximum atomic E-state index is 11.9. The zero-order chi connectivity index (χ0) is 14.4. The zero-order valence-electron chi connectivity index (χ0n) is 9.63. The average molecular weight is 296 g/mol. The minimum absolute atomic E-state index is 0.0672. The lowest BCUT2D eigenvalue weighted by Gasteiger charge is -2.05. The summed E-state index contributed by atoms with van der Waals surface area (Å²) >= 11 is 0. The fourth-order valence-corrected chi connectivity index (χ4v) is 1.36. The van der Waals surface area contributed by atoms with Gasteiger partial charge >= 0.3 is 15.6 Å². The summed E-state index contributed by atoms with van der Waals surface area (Å²) < 4.78 is 65.2. The highest BCUT2D eigenvalue weighted by Gasteiger charge is 2.47. The van der Waals surface area contributed by atoms with E-state index < -0.39 is 15.6 Å². The number of hydrogen-bond donors (Lipinski definition) is 0. The number of alkyl halides is 3. The molecule has 1 aromatic carbocycles. The van der Waals surface area contributed by atoms with Gasteiger partial charge in [-0.25, -0.2) is 0 Å². The van der Waals surface area contributed by atoms with E-state index >= 15 is 0 Å². The minimum atomic E-state index is -5.58. The molecule has 0 N–H and O–H groups in total. The van der Waals surface area contributed by atoms with Crippen LogP contribution in [0.4, 0.5) is 13.2 Å². The van der Waals surface area contributed by atoms with Crippen LogP contribution in [0.2, 0.25) is 0 Å². The molecule has 1 aromatic rings. The molecule has 0 aliphatic heterocycles. The van der Waals surface area contributed by atoms with Crippen molar-refractivity contribution < 1.29 is 30.5 Å². The molecule has 0 amide bonds. The van der Waals surface area contributed by atoms with Gasteiger partial charge in [-0.2, -0.15) is 21.6 Å². The lowest BCUT2D eigenvalue weighted by Crippen LogP contribution is -2.23. The molecule has 0 saturated carbocycles. The van der Waals surface area contributed by atoms with Gasteiger partial charge in [0.2, 0.25) is 0 Å². The first-order valence-electron chi connectivity index (χ1n) is 5.09. The quantitative estimate of drug-likeness (QED) is 0.350. The molecule has 0 radical (unpaired) electrons. The number of ether oxygens (including phenoxy) is 1. The molecule has 0 bridgehead atoms. The van der Waals surface area contributed by atoms with Gasteiger partial charge in [0.15, 0.2) is 0 Å². The maximum absolute atomic E-state index is 11.9. The Balaban J connectivity index is 2.29. The van der Waals surface area contributed by atoms with Crippen LogP contribution >= 0.6 is 0 Å². The third-order valence-corrected chi connectivity index (χ3v) is 2.82. The second-order valence-electron chi connectivity index (χ2n) is 3.37. The second-order valence-corrected chi connectivity index (χ2v) is 4.93. The van der Waals surface area contributed by atoms with E-state index in [1.54, 1.807) is 0 Å². The van der Waals surface area contributed by atoms with E-state index in [1.165, 1.54) is 0 Å². The number of benzene rings is 1. The van der Waals surface area contributed by atoms with Crippen molar-refractivity contribution in [1.82, 2.24) is 0 Å². The van der Waals surface area contributed by atoms with Crippen LogP contribution in [0.15, 0.2) is 42.7 Å². The van der Waals surface area contributed by atoms with Gasteiger partial charge in [-0.05, 0) is 11.6 Å². The molecule has 0 aromatic heterocycles. The molecule has 0 saturated heterocycles. The summed E-state index contributed by atoms with van der Waals surface area (Å²) in [6.07, 6.45) is 1.47. The van der Waals surface area contributed by atoms with Crippen LogP contribution in [0.5, 0.6) is 0 Å². The summed E-state index contributed by atoms with van der Waals surface area (Å²) in [5, 5.41) is 0. The molecule has 106 valence electrons. The van der Waals surface area contributed by atoms with Crippen LogP contribution in [0.3, 0.4) is 0 Å². The highest BCUT2D eigenvalue weighted by Crippen LogP contribution is 2.24. The van der Waals surface area contributed by atoms with Crippen LogP contribution < -0.4 is 0 Å². The normalized spacial score (nSPS) is 12.8. The maximum Gasteiger partial charge on any atom is 0.534 e. The Morgan fingerprint density at radius 2 is 1.79 bits per heavy atom. The molecule has 0 unspecified atom stereocenters. The molecule has 0 spiro atoms. The van der Waals surface area contributed by atoms with Crippen molar-refractivity contribution in [2.75, 3.05) is 6.61 Å². The summed E-state index contributed by atoms with van der Waals surface area (Å²) in [4.78, 5) is 0. The Morgan fingerprint density at radius 1 is 1.16 bits per heavy atom. The molecular weight excluding hydrogens is 285 g/mol. The van der Waals surface area contributed by atoms with E-state index in [4.69, 9.17) is 4.74 Å². The molecule has 0 aliphatic carbocycles. The van der Waals surface area contributed by atoms with Crippen molar-refractivity contribution in [3.63, 3.8) is 0 Å². The number of halogens is 3. The zero-order valence-corrected chi connectivity index (χ0v) is 10.4. The summed E-state index contributed by atoms with van der Waals surface area (Å²) in [6, 6.07) is 9.09. The van der Waals surface area contributed by atoms with Crippen LogP contribution in [0.25, 0.3) is 0 Å². The van der Waals surface area contributed by atoms with Crippen LogP contribution in [-0.4, -0.2) is 20.5 Å². The largest absolute Gasteiger partial charge is 0.534 e. The van der Waals surface area contributed by atoms with E-state index in [0.29, 0.717) is 6.26 Å². The van der Waals surface area contributed by atoms with Gasteiger partial charge in [-0.1, -0.05) is 30.3 Å². The van der Waals surface area contributed by atoms with E-state index in [-0.39, 0.29) is 13.2 Å². The number of rotatable bonds is 6. The molecule has 0 heterocycles. The smallest absolute Gasteiger partial charge is 0.384 e. The van der Waals surface area contributed by atoms with E-state index in [1.807, 2.05) is 30.3 Å². The molecule has 0 atom stereocenters. The van der Waals surface area contributed by atoms with Crippen molar-refractivity contribution in [2.45, 2.75) is 12.1 Å². The van der Waals surface area contributed by atoms with E-state index in [2.05, 4.69) is 4.18 Å². The third-order valence-electron chi connectivity index (χ3n) is 1.89. The summed E-state index contributed by atoms with van der Waals surface area (Å²) in [5.74, 6) is 0. The Bertz CT molecular complexity index is 508. The lowest BCUT2D eigenvalue weighted by atomic mass is 10.2. The Hall–Kier alpha value is -1.54. The topological polar surface area (TPSA) is 52.6 Å². The highest BCUT2D eigenvalue weighted by molar-refractivity contribution is 7.87.